The number of carbonyl (C=O) groups is 1. The number of thiophene rings is 1. The van der Waals surface area contributed by atoms with E-state index in [2.05, 4.69) is 47.2 Å². The van der Waals surface area contributed by atoms with Gasteiger partial charge >= 0.3 is 6.36 Å². The fraction of sp³-hybridized carbons (Fsp3) is 0.400. The molecule has 5 heterocycles. The highest BCUT2D eigenvalue weighted by Crippen LogP contribution is 2.38. The van der Waals surface area contributed by atoms with Crippen molar-refractivity contribution in [3.63, 3.8) is 0 Å². The molecule has 1 aromatic carbocycles. The van der Waals surface area contributed by atoms with Gasteiger partial charge in [-0.3, -0.25) is 23.9 Å². The van der Waals surface area contributed by atoms with Crippen LogP contribution in [0.1, 0.15) is 66.8 Å². The molecule has 1 aliphatic heterocycles. The Morgan fingerprint density at radius 2 is 1.90 bits per heavy atom. The first kappa shape index (κ1) is 42.0. The second-order valence-electron chi connectivity index (χ2n) is 14.3. The van der Waals surface area contributed by atoms with Crippen molar-refractivity contribution in [2.45, 2.75) is 77.5 Å². The molecule has 7 rings (SSSR count). The molecule has 19 heteroatoms. The lowest BCUT2D eigenvalue weighted by Crippen LogP contribution is -2.54. The Labute approximate surface area is 346 Å². The maximum Gasteiger partial charge on any atom is 0.522 e. The van der Waals surface area contributed by atoms with Crippen LogP contribution in [0.15, 0.2) is 46.8 Å². The van der Waals surface area contributed by atoms with E-state index >= 15 is 0 Å². The summed E-state index contributed by atoms with van der Waals surface area (Å²) in [4.78, 5) is 44.9. The predicted octanol–water partition coefficient (Wildman–Crippen LogP) is 6.39. The largest absolute Gasteiger partial charge is 0.522 e. The van der Waals surface area contributed by atoms with E-state index in [4.69, 9.17) is 11.6 Å². The molecular weight excluding hydrogens is 829 g/mol. The summed E-state index contributed by atoms with van der Waals surface area (Å²) in [5.41, 5.74) is 2.24. The third-order valence-electron chi connectivity index (χ3n) is 10.8. The topological polar surface area (TPSA) is 163 Å². The first-order valence-corrected chi connectivity index (χ1v) is 21.8. The molecule has 4 aromatic heterocycles. The molecule has 308 valence electrons. The van der Waals surface area contributed by atoms with Crippen molar-refractivity contribution in [3.05, 3.63) is 79.9 Å². The Hall–Kier alpha value is -5.11. The van der Waals surface area contributed by atoms with Gasteiger partial charge in [0.15, 0.2) is 0 Å². The first-order valence-electron chi connectivity index (χ1n) is 18.9. The van der Waals surface area contributed by atoms with Gasteiger partial charge in [0.05, 0.1) is 51.3 Å². The van der Waals surface area contributed by atoms with Gasteiger partial charge in [0.2, 0.25) is 10.0 Å². The minimum atomic E-state index is -4.64. The third kappa shape index (κ3) is 8.78. The predicted molar refractivity (Wildman–Crippen MR) is 219 cm³/mol. The number of nitrogens with one attached hydrogen (secondary N) is 1. The van der Waals surface area contributed by atoms with Crippen LogP contribution in [0.4, 0.5) is 19.0 Å². The van der Waals surface area contributed by atoms with Crippen LogP contribution in [-0.2, 0) is 21.3 Å². The molecule has 0 atom stereocenters. The van der Waals surface area contributed by atoms with Crippen molar-refractivity contribution in [3.8, 4) is 29.0 Å². The van der Waals surface area contributed by atoms with Crippen molar-refractivity contribution in [1.29, 1.82) is 5.26 Å². The van der Waals surface area contributed by atoms with Crippen LogP contribution >= 0.6 is 22.9 Å². The molecule has 2 fully saturated rings. The number of sulfonamides is 1. The fourth-order valence-corrected chi connectivity index (χ4v) is 9.46. The van der Waals surface area contributed by atoms with Crippen LogP contribution in [0.5, 0.6) is 0 Å². The number of benzene rings is 1. The van der Waals surface area contributed by atoms with Gasteiger partial charge in [-0.15, -0.1) is 24.5 Å². The molecule has 1 amide bonds. The Balaban J connectivity index is 1.14. The van der Waals surface area contributed by atoms with Gasteiger partial charge in [0, 0.05) is 65.0 Å². The standard InChI is InChI=1S/C40H38ClF3N8O5S2/c1-4-51(26-11-15-50(16-12-26)27-18-28(19-27)57-40(42,43)44)37-31(20-45)34-33(21-47-37)48-23(3)52(39(34)54)14-6-7-24-8-9-25(41)17-30(24)29-10-13-46-35-32(22-58-36(29)35)38(53)49-59(55,56)5-2/h8-10,13,17,21-22,26-28H,4-5,11-12,14-16,18-19H2,1-3H3,(H,49,53). The molecule has 1 N–H and O–H groups in total. The number of rotatable bonds is 10. The van der Waals surface area contributed by atoms with Crippen LogP contribution in [0.3, 0.4) is 0 Å². The monoisotopic (exact) mass is 866 g/mol. The number of likely N-dealkylation sites (tertiary alicyclic amines) is 1. The minimum absolute atomic E-state index is 0.00701. The number of aromatic nitrogens is 4. The lowest BCUT2D eigenvalue weighted by molar-refractivity contribution is -0.354. The van der Waals surface area contributed by atoms with Gasteiger partial charge in [-0.25, -0.2) is 23.1 Å². The molecule has 1 saturated carbocycles. The molecular formula is C40H38ClF3N8O5S2. The van der Waals surface area contributed by atoms with Gasteiger partial charge in [-0.05, 0) is 70.7 Å². The number of amides is 1. The number of nitrogens with zero attached hydrogens (tertiary/aromatic N) is 7. The Morgan fingerprint density at radius 3 is 2.58 bits per heavy atom. The zero-order valence-electron chi connectivity index (χ0n) is 32.1. The van der Waals surface area contributed by atoms with Crippen molar-refractivity contribution in [1.82, 2.24) is 29.1 Å². The summed E-state index contributed by atoms with van der Waals surface area (Å²) < 4.78 is 70.3. The molecule has 1 aliphatic carbocycles. The maximum absolute atomic E-state index is 14.2. The molecule has 1 saturated heterocycles. The highest BCUT2D eigenvalue weighted by Gasteiger charge is 2.43. The summed E-state index contributed by atoms with van der Waals surface area (Å²) in [6.07, 6.45) is -0.365. The van der Waals surface area contributed by atoms with Crippen LogP contribution in [0.25, 0.3) is 32.2 Å². The average molecular weight is 867 g/mol. The van der Waals surface area contributed by atoms with Crippen molar-refractivity contribution in [2.24, 2.45) is 0 Å². The number of halogens is 4. The number of carbonyl (C=O) groups excluding carboxylic acids is 1. The van der Waals surface area contributed by atoms with Gasteiger partial charge in [0.25, 0.3) is 11.5 Å². The van der Waals surface area contributed by atoms with Crippen LogP contribution in [-0.4, -0.2) is 88.7 Å². The van der Waals surface area contributed by atoms with Crippen molar-refractivity contribution < 1.29 is 31.1 Å². The fourth-order valence-electron chi connectivity index (χ4n) is 7.72. The quantitative estimate of drug-likeness (QED) is 0.155. The second-order valence-corrected chi connectivity index (χ2v) is 17.6. The number of hydrogen-bond acceptors (Lipinski definition) is 12. The highest BCUT2D eigenvalue weighted by atomic mass is 35.5. The van der Waals surface area contributed by atoms with Gasteiger partial charge in [0.1, 0.15) is 23.3 Å². The number of hydrogen-bond donors (Lipinski definition) is 1. The summed E-state index contributed by atoms with van der Waals surface area (Å²) in [7, 11) is -3.80. The van der Waals surface area contributed by atoms with Gasteiger partial charge < -0.3 is 9.80 Å². The van der Waals surface area contributed by atoms with Gasteiger partial charge in [-0.1, -0.05) is 23.4 Å². The number of alkyl halides is 3. The van der Waals surface area contributed by atoms with E-state index < -0.39 is 34.0 Å². The minimum Gasteiger partial charge on any atom is -0.353 e. The lowest BCUT2D eigenvalue weighted by atomic mass is 9.86. The molecule has 0 radical (unpaired) electrons. The summed E-state index contributed by atoms with van der Waals surface area (Å²) in [6, 6.07) is 9.14. The SMILES string of the molecule is CCN(c1ncc2nc(C)n(CC#Cc3ccc(Cl)cc3-c3ccnc4c(C(=O)NS(=O)(=O)CC)csc34)c(=O)c2c1C#N)C1CCN(C2CC(OC(F)(F)F)C2)CC1. The number of ether oxygens (including phenoxy) is 1. The summed E-state index contributed by atoms with van der Waals surface area (Å²) in [5.74, 6) is 5.93. The summed E-state index contributed by atoms with van der Waals surface area (Å²) in [5, 5.41) is 12.6. The molecule has 0 unspecified atom stereocenters. The van der Waals surface area contributed by atoms with Crippen molar-refractivity contribution >= 4 is 65.8 Å². The number of piperidine rings is 1. The molecule has 0 spiro atoms. The van der Waals surface area contributed by atoms with E-state index in [-0.39, 0.29) is 46.4 Å². The highest BCUT2D eigenvalue weighted by molar-refractivity contribution is 7.90. The number of aryl methyl sites for hydroxylation is 1. The first-order chi connectivity index (χ1) is 28.1. The van der Waals surface area contributed by atoms with Crippen molar-refractivity contribution in [2.75, 3.05) is 30.3 Å². The Morgan fingerprint density at radius 1 is 1.15 bits per heavy atom. The average Bonchev–Trinajstić information content (AvgIpc) is 3.63. The number of pyridine rings is 2. The zero-order chi connectivity index (χ0) is 42.2. The van der Waals surface area contributed by atoms with E-state index in [0.29, 0.717) is 88.9 Å². The number of anilines is 1. The Bertz CT molecular complexity index is 2730. The molecule has 59 heavy (non-hydrogen) atoms. The second kappa shape index (κ2) is 16.9. The number of fused-ring (bicyclic) bond motifs is 2. The summed E-state index contributed by atoms with van der Waals surface area (Å²) in [6.45, 7) is 6.84. The smallest absolute Gasteiger partial charge is 0.353 e. The molecule has 13 nitrogen and oxygen atoms in total. The third-order valence-corrected chi connectivity index (χ3v) is 13.3. The van der Waals surface area contributed by atoms with Gasteiger partial charge in [-0.2, -0.15) is 5.26 Å². The van der Waals surface area contributed by atoms with E-state index in [1.54, 1.807) is 36.6 Å². The van der Waals surface area contributed by atoms with E-state index in [1.807, 2.05) is 11.8 Å². The lowest BCUT2D eigenvalue weighted by Gasteiger charge is -2.47. The molecule has 5 aromatic rings. The van der Waals surface area contributed by atoms with E-state index in [1.165, 1.54) is 35.2 Å². The summed E-state index contributed by atoms with van der Waals surface area (Å²) >= 11 is 7.67. The maximum atomic E-state index is 14.2. The van der Waals surface area contributed by atoms with E-state index in [0.717, 1.165) is 0 Å². The van der Waals surface area contributed by atoms with E-state index in [9.17, 15) is 36.4 Å². The van der Waals surface area contributed by atoms with Crippen LogP contribution in [0.2, 0.25) is 5.02 Å². The zero-order valence-corrected chi connectivity index (χ0v) is 34.5. The molecule has 0 bridgehead atoms. The van der Waals surface area contributed by atoms with Crippen LogP contribution < -0.4 is 15.2 Å². The number of nitriles is 1. The molecule has 2 aliphatic rings. The normalized spacial score (nSPS) is 17.6. The van der Waals surface area contributed by atoms with Crippen LogP contribution in [0, 0.1) is 30.1 Å². The Kier molecular flexibility index (Phi) is 12.0.